The predicted octanol–water partition coefficient (Wildman–Crippen LogP) is -0.0575. The highest BCUT2D eigenvalue weighted by atomic mass is 16.1. The van der Waals surface area contributed by atoms with Gasteiger partial charge in [-0.3, -0.25) is 4.79 Å². The van der Waals surface area contributed by atoms with Crippen LogP contribution in [0.3, 0.4) is 0 Å². The van der Waals surface area contributed by atoms with Gasteiger partial charge in [0.25, 0.3) is 0 Å². The van der Waals surface area contributed by atoms with Gasteiger partial charge in [0.05, 0.1) is 0 Å². The summed E-state index contributed by atoms with van der Waals surface area (Å²) in [5.41, 5.74) is 5.35. The zero-order chi connectivity index (χ0) is 11.7. The highest BCUT2D eigenvalue weighted by molar-refractivity contribution is 5.83. The van der Waals surface area contributed by atoms with E-state index in [9.17, 15) is 4.79 Å². The molecule has 2 rings (SSSR count). The summed E-state index contributed by atoms with van der Waals surface area (Å²) >= 11 is 0. The highest BCUT2D eigenvalue weighted by Crippen LogP contribution is 2.21. The Kier molecular flexibility index (Phi) is 2.72. The van der Waals surface area contributed by atoms with Gasteiger partial charge < -0.3 is 10.6 Å². The molecule has 2 N–H and O–H groups in total. The van der Waals surface area contributed by atoms with Crippen molar-refractivity contribution >= 4 is 11.9 Å². The van der Waals surface area contributed by atoms with Gasteiger partial charge in [-0.1, -0.05) is 0 Å². The van der Waals surface area contributed by atoms with Crippen LogP contribution in [0.1, 0.15) is 24.5 Å². The van der Waals surface area contributed by atoms with Crippen molar-refractivity contribution in [2.75, 3.05) is 11.4 Å². The number of carbonyl (C=O) groups is 1. The van der Waals surface area contributed by atoms with Crippen molar-refractivity contribution in [3.8, 4) is 0 Å². The van der Waals surface area contributed by atoms with Crippen LogP contribution in [0.2, 0.25) is 0 Å². The van der Waals surface area contributed by atoms with E-state index in [1.54, 1.807) is 0 Å². The standard InChI is InChI=1S/C10H15N5O/c1-6-12-7(2)14-10(13-6)15-5-3-4-8(15)9(11)16/h8H,3-5H2,1-2H3,(H2,11,16)/t8-/m0/s1. The maximum absolute atomic E-state index is 11.3. The van der Waals surface area contributed by atoms with Crippen molar-refractivity contribution in [3.05, 3.63) is 11.6 Å². The predicted molar refractivity (Wildman–Crippen MR) is 58.9 cm³/mol. The molecule has 6 nitrogen and oxygen atoms in total. The van der Waals surface area contributed by atoms with Crippen LogP contribution >= 0.6 is 0 Å². The second-order valence-electron chi connectivity index (χ2n) is 3.98. The zero-order valence-electron chi connectivity index (χ0n) is 9.47. The Hall–Kier alpha value is -1.72. The number of amides is 1. The van der Waals surface area contributed by atoms with Gasteiger partial charge in [0.2, 0.25) is 11.9 Å². The average Bonchev–Trinajstić information content (AvgIpc) is 2.63. The van der Waals surface area contributed by atoms with Crippen LogP contribution in [0, 0.1) is 13.8 Å². The largest absolute Gasteiger partial charge is 0.368 e. The SMILES string of the molecule is Cc1nc(C)nc(N2CCC[C@H]2C(N)=O)n1. The smallest absolute Gasteiger partial charge is 0.240 e. The quantitative estimate of drug-likeness (QED) is 0.756. The summed E-state index contributed by atoms with van der Waals surface area (Å²) in [6, 6.07) is -0.277. The van der Waals surface area contributed by atoms with Crippen molar-refractivity contribution in [2.24, 2.45) is 5.73 Å². The van der Waals surface area contributed by atoms with E-state index in [1.165, 1.54) is 0 Å². The molecule has 16 heavy (non-hydrogen) atoms. The van der Waals surface area contributed by atoms with Crippen LogP contribution in [0.25, 0.3) is 0 Å². The number of primary amides is 1. The maximum Gasteiger partial charge on any atom is 0.240 e. The lowest BCUT2D eigenvalue weighted by Gasteiger charge is -2.22. The Morgan fingerprint density at radius 1 is 1.31 bits per heavy atom. The molecule has 1 fully saturated rings. The Bertz CT molecular complexity index is 399. The molecule has 0 saturated carbocycles. The van der Waals surface area contributed by atoms with Crippen molar-refractivity contribution in [1.29, 1.82) is 0 Å². The molecule has 1 amide bonds. The van der Waals surface area contributed by atoms with Crippen molar-refractivity contribution in [3.63, 3.8) is 0 Å². The minimum Gasteiger partial charge on any atom is -0.368 e. The summed E-state index contributed by atoms with van der Waals surface area (Å²) in [5, 5.41) is 0. The fraction of sp³-hybridized carbons (Fsp3) is 0.600. The Labute approximate surface area is 93.9 Å². The second kappa shape index (κ2) is 4.03. The van der Waals surface area contributed by atoms with Crippen molar-refractivity contribution < 1.29 is 4.79 Å². The summed E-state index contributed by atoms with van der Waals surface area (Å²) in [4.78, 5) is 25.7. The summed E-state index contributed by atoms with van der Waals surface area (Å²) in [6.07, 6.45) is 1.72. The van der Waals surface area contributed by atoms with Gasteiger partial charge in [0, 0.05) is 6.54 Å². The fourth-order valence-corrected chi connectivity index (χ4v) is 2.03. The molecule has 1 aliphatic rings. The molecule has 0 aromatic carbocycles. The maximum atomic E-state index is 11.3. The van der Waals surface area contributed by atoms with Gasteiger partial charge in [-0.05, 0) is 26.7 Å². The van der Waals surface area contributed by atoms with Gasteiger partial charge >= 0.3 is 0 Å². The van der Waals surface area contributed by atoms with E-state index in [4.69, 9.17) is 5.73 Å². The third kappa shape index (κ3) is 1.95. The summed E-state index contributed by atoms with van der Waals surface area (Å²) in [5.74, 6) is 1.58. The number of rotatable bonds is 2. The van der Waals surface area contributed by atoms with E-state index in [1.807, 2.05) is 18.7 Å². The molecule has 0 radical (unpaired) electrons. The zero-order valence-corrected chi connectivity index (χ0v) is 9.47. The van der Waals surface area contributed by atoms with Crippen LogP contribution in [-0.4, -0.2) is 33.4 Å². The first kappa shape index (κ1) is 10.8. The van der Waals surface area contributed by atoms with E-state index in [0.29, 0.717) is 17.6 Å². The second-order valence-corrected chi connectivity index (χ2v) is 3.98. The molecule has 6 heteroatoms. The molecule has 0 spiro atoms. The van der Waals surface area contributed by atoms with Crippen LogP contribution in [0.15, 0.2) is 0 Å². The monoisotopic (exact) mass is 221 g/mol. The molecule has 1 aromatic rings. The number of nitrogens with two attached hydrogens (primary N) is 1. The normalized spacial score (nSPS) is 20.1. The number of anilines is 1. The third-order valence-electron chi connectivity index (χ3n) is 2.69. The molecule has 0 unspecified atom stereocenters. The summed E-state index contributed by atoms with van der Waals surface area (Å²) in [7, 11) is 0. The first-order chi connectivity index (χ1) is 7.58. The minimum atomic E-state index is -0.312. The minimum absolute atomic E-state index is 0.277. The van der Waals surface area contributed by atoms with Gasteiger partial charge in [-0.25, -0.2) is 4.98 Å². The molecule has 0 bridgehead atoms. The highest BCUT2D eigenvalue weighted by Gasteiger charge is 2.31. The van der Waals surface area contributed by atoms with E-state index in [2.05, 4.69) is 15.0 Å². The van der Waals surface area contributed by atoms with E-state index >= 15 is 0 Å². The Morgan fingerprint density at radius 3 is 2.50 bits per heavy atom. The van der Waals surface area contributed by atoms with Crippen LogP contribution in [0.5, 0.6) is 0 Å². The van der Waals surface area contributed by atoms with Gasteiger partial charge in [0.1, 0.15) is 17.7 Å². The molecule has 86 valence electrons. The Morgan fingerprint density at radius 2 is 1.94 bits per heavy atom. The van der Waals surface area contributed by atoms with Gasteiger partial charge in [0.15, 0.2) is 0 Å². The lowest BCUT2D eigenvalue weighted by atomic mass is 10.2. The molecule has 1 aromatic heterocycles. The number of hydrogen-bond acceptors (Lipinski definition) is 5. The molecular weight excluding hydrogens is 206 g/mol. The molecule has 2 heterocycles. The van der Waals surface area contributed by atoms with Crippen LogP contribution in [-0.2, 0) is 4.79 Å². The molecule has 1 atom stereocenters. The molecule has 1 aliphatic heterocycles. The third-order valence-corrected chi connectivity index (χ3v) is 2.69. The topological polar surface area (TPSA) is 85.0 Å². The molecular formula is C10H15N5O. The van der Waals surface area contributed by atoms with E-state index < -0.39 is 0 Å². The lowest BCUT2D eigenvalue weighted by Crippen LogP contribution is -2.41. The number of hydrogen-bond donors (Lipinski definition) is 1. The first-order valence-corrected chi connectivity index (χ1v) is 5.33. The average molecular weight is 221 g/mol. The fourth-order valence-electron chi connectivity index (χ4n) is 2.03. The summed E-state index contributed by atoms with van der Waals surface area (Å²) in [6.45, 7) is 4.40. The van der Waals surface area contributed by atoms with Gasteiger partial charge in [-0.15, -0.1) is 0 Å². The van der Waals surface area contributed by atoms with Crippen molar-refractivity contribution in [2.45, 2.75) is 32.7 Å². The number of carbonyl (C=O) groups excluding carboxylic acids is 1. The van der Waals surface area contributed by atoms with Crippen molar-refractivity contribution in [1.82, 2.24) is 15.0 Å². The lowest BCUT2D eigenvalue weighted by molar-refractivity contribution is -0.119. The Balaban J connectivity index is 2.32. The van der Waals surface area contributed by atoms with Crippen LogP contribution < -0.4 is 10.6 Å². The number of nitrogens with zero attached hydrogens (tertiary/aromatic N) is 4. The first-order valence-electron chi connectivity index (χ1n) is 5.33. The molecule has 1 saturated heterocycles. The number of aryl methyl sites for hydroxylation is 2. The van der Waals surface area contributed by atoms with E-state index in [-0.39, 0.29) is 11.9 Å². The van der Waals surface area contributed by atoms with Gasteiger partial charge in [-0.2, -0.15) is 9.97 Å². The summed E-state index contributed by atoms with van der Waals surface area (Å²) < 4.78 is 0. The van der Waals surface area contributed by atoms with Crippen LogP contribution in [0.4, 0.5) is 5.95 Å². The number of aromatic nitrogens is 3. The van der Waals surface area contributed by atoms with E-state index in [0.717, 1.165) is 19.4 Å². The molecule has 0 aliphatic carbocycles.